The van der Waals surface area contributed by atoms with Gasteiger partial charge in [0.25, 0.3) is 0 Å². The topological polar surface area (TPSA) is 35.9 Å². The first kappa shape index (κ1) is 16.3. The van der Waals surface area contributed by atoms with E-state index in [0.29, 0.717) is 0 Å². The number of nitrogens with zero attached hydrogens (tertiary/aromatic N) is 2. The molecule has 1 aliphatic heterocycles. The van der Waals surface area contributed by atoms with Gasteiger partial charge in [-0.15, -0.1) is 0 Å². The van der Waals surface area contributed by atoms with Crippen LogP contribution in [0.2, 0.25) is 0 Å². The van der Waals surface area contributed by atoms with E-state index in [0.717, 1.165) is 36.9 Å². The number of aliphatic hydroxyl groups excluding tert-OH is 1. The summed E-state index contributed by atoms with van der Waals surface area (Å²) in [5.74, 6) is 1.63. The van der Waals surface area contributed by atoms with E-state index in [1.54, 1.807) is 7.11 Å². The lowest BCUT2D eigenvalue weighted by atomic mass is 9.96. The van der Waals surface area contributed by atoms with Crippen LogP contribution < -0.4 is 4.74 Å². The Morgan fingerprint density at radius 3 is 2.38 bits per heavy atom. The van der Waals surface area contributed by atoms with E-state index in [1.165, 1.54) is 19.4 Å². The van der Waals surface area contributed by atoms with E-state index in [1.807, 2.05) is 24.3 Å². The van der Waals surface area contributed by atoms with Gasteiger partial charge in [-0.1, -0.05) is 12.1 Å². The Hall–Kier alpha value is -1.10. The molecule has 0 radical (unpaired) electrons. The van der Waals surface area contributed by atoms with Crippen molar-refractivity contribution in [2.45, 2.75) is 18.9 Å². The summed E-state index contributed by atoms with van der Waals surface area (Å²) in [6.07, 6.45) is 2.04. The highest BCUT2D eigenvalue weighted by atomic mass is 16.5. The zero-order chi connectivity index (χ0) is 15.2. The third-order valence-electron chi connectivity index (χ3n) is 4.26. The lowest BCUT2D eigenvalue weighted by Gasteiger charge is -2.34. The molecule has 21 heavy (non-hydrogen) atoms. The highest BCUT2D eigenvalue weighted by Crippen LogP contribution is 2.22. The second-order valence-corrected chi connectivity index (χ2v) is 6.30. The van der Waals surface area contributed by atoms with Gasteiger partial charge in [0, 0.05) is 13.1 Å². The van der Waals surface area contributed by atoms with E-state index < -0.39 is 6.10 Å². The molecular formula is C17H28N2O2. The first-order valence-electron chi connectivity index (χ1n) is 7.77. The molecule has 0 amide bonds. The Morgan fingerprint density at radius 2 is 1.86 bits per heavy atom. The molecular weight excluding hydrogens is 264 g/mol. The van der Waals surface area contributed by atoms with Crippen LogP contribution in [0.3, 0.4) is 0 Å². The van der Waals surface area contributed by atoms with Crippen LogP contribution in [-0.2, 0) is 0 Å². The van der Waals surface area contributed by atoms with Gasteiger partial charge in [0.1, 0.15) is 5.75 Å². The number of piperidine rings is 1. The van der Waals surface area contributed by atoms with Crippen LogP contribution in [-0.4, -0.2) is 62.3 Å². The summed E-state index contributed by atoms with van der Waals surface area (Å²) in [7, 11) is 5.93. The maximum absolute atomic E-state index is 10.4. The van der Waals surface area contributed by atoms with Crippen molar-refractivity contribution < 1.29 is 9.84 Å². The summed E-state index contributed by atoms with van der Waals surface area (Å²) in [5.41, 5.74) is 0.964. The molecule has 4 heteroatoms. The van der Waals surface area contributed by atoms with Gasteiger partial charge in [0.15, 0.2) is 0 Å². The van der Waals surface area contributed by atoms with Crippen molar-refractivity contribution in [3.8, 4) is 5.75 Å². The van der Waals surface area contributed by atoms with Crippen molar-refractivity contribution in [3.63, 3.8) is 0 Å². The molecule has 1 aliphatic rings. The van der Waals surface area contributed by atoms with E-state index in [-0.39, 0.29) is 0 Å². The molecule has 0 spiro atoms. The molecule has 1 N–H and O–H groups in total. The van der Waals surface area contributed by atoms with Crippen molar-refractivity contribution in [2.24, 2.45) is 5.92 Å². The van der Waals surface area contributed by atoms with Gasteiger partial charge >= 0.3 is 0 Å². The molecule has 0 saturated carbocycles. The standard InChI is InChI=1S/C17H28N2O2/c1-18(2)12-14-8-10-19(11-9-14)13-17(20)15-4-6-16(21-3)7-5-15/h4-7,14,17,20H,8-13H2,1-3H3. The number of rotatable bonds is 6. The van der Waals surface area contributed by atoms with Crippen molar-refractivity contribution in [3.05, 3.63) is 29.8 Å². The van der Waals surface area contributed by atoms with Crippen LogP contribution in [0.5, 0.6) is 5.75 Å². The summed E-state index contributed by atoms with van der Waals surface area (Å²) in [4.78, 5) is 4.65. The van der Waals surface area contributed by atoms with Crippen LogP contribution in [0.25, 0.3) is 0 Å². The summed E-state index contributed by atoms with van der Waals surface area (Å²) >= 11 is 0. The minimum atomic E-state index is -0.415. The SMILES string of the molecule is COc1ccc(C(O)CN2CCC(CN(C)C)CC2)cc1. The predicted octanol–water partition coefficient (Wildman–Crippen LogP) is 2.00. The molecule has 1 aromatic rings. The van der Waals surface area contributed by atoms with Crippen LogP contribution in [0.1, 0.15) is 24.5 Å². The number of ether oxygens (including phenoxy) is 1. The molecule has 0 aromatic heterocycles. The second-order valence-electron chi connectivity index (χ2n) is 6.30. The zero-order valence-corrected chi connectivity index (χ0v) is 13.5. The molecule has 1 unspecified atom stereocenters. The number of hydrogen-bond acceptors (Lipinski definition) is 4. The van der Waals surface area contributed by atoms with Gasteiger partial charge < -0.3 is 19.6 Å². The molecule has 1 aromatic carbocycles. The maximum Gasteiger partial charge on any atom is 0.118 e. The zero-order valence-electron chi connectivity index (χ0n) is 13.5. The van der Waals surface area contributed by atoms with Crippen molar-refractivity contribution in [2.75, 3.05) is 47.4 Å². The van der Waals surface area contributed by atoms with Crippen LogP contribution in [0.15, 0.2) is 24.3 Å². The highest BCUT2D eigenvalue weighted by Gasteiger charge is 2.21. The average Bonchev–Trinajstić information content (AvgIpc) is 2.49. The fraction of sp³-hybridized carbons (Fsp3) is 0.647. The number of methoxy groups -OCH3 is 1. The van der Waals surface area contributed by atoms with E-state index in [2.05, 4.69) is 23.9 Å². The molecule has 118 valence electrons. The third kappa shape index (κ3) is 4.99. The normalized spacial score (nSPS) is 18.9. The van der Waals surface area contributed by atoms with Gasteiger partial charge in [0.05, 0.1) is 13.2 Å². The van der Waals surface area contributed by atoms with Crippen LogP contribution in [0.4, 0.5) is 0 Å². The monoisotopic (exact) mass is 292 g/mol. The first-order valence-corrected chi connectivity index (χ1v) is 7.77. The fourth-order valence-electron chi connectivity index (χ4n) is 3.04. The quantitative estimate of drug-likeness (QED) is 0.870. The molecule has 2 rings (SSSR count). The third-order valence-corrected chi connectivity index (χ3v) is 4.26. The van der Waals surface area contributed by atoms with Gasteiger partial charge in [-0.3, -0.25) is 0 Å². The second kappa shape index (κ2) is 7.78. The van der Waals surface area contributed by atoms with E-state index in [4.69, 9.17) is 4.74 Å². The van der Waals surface area contributed by atoms with Gasteiger partial charge in [0.2, 0.25) is 0 Å². The molecule has 4 nitrogen and oxygen atoms in total. The lowest BCUT2D eigenvalue weighted by molar-refractivity contribution is 0.0847. The number of hydrogen-bond donors (Lipinski definition) is 1. The molecule has 1 saturated heterocycles. The maximum atomic E-state index is 10.4. The molecule has 0 aliphatic carbocycles. The molecule has 1 fully saturated rings. The van der Waals surface area contributed by atoms with Crippen molar-refractivity contribution >= 4 is 0 Å². The minimum Gasteiger partial charge on any atom is -0.497 e. The Bertz CT molecular complexity index is 411. The lowest BCUT2D eigenvalue weighted by Crippen LogP contribution is -2.39. The summed E-state index contributed by atoms with van der Waals surface area (Å²) in [6.45, 7) is 4.08. The number of likely N-dealkylation sites (tertiary alicyclic amines) is 1. The summed E-state index contributed by atoms with van der Waals surface area (Å²) < 4.78 is 5.15. The van der Waals surface area contributed by atoms with Crippen molar-refractivity contribution in [1.82, 2.24) is 9.80 Å². The summed E-state index contributed by atoms with van der Waals surface area (Å²) in [5, 5.41) is 10.4. The van der Waals surface area contributed by atoms with Crippen LogP contribution in [0, 0.1) is 5.92 Å². The Kier molecular flexibility index (Phi) is 6.03. The largest absolute Gasteiger partial charge is 0.497 e. The molecule has 1 atom stereocenters. The van der Waals surface area contributed by atoms with Crippen molar-refractivity contribution in [1.29, 1.82) is 0 Å². The Morgan fingerprint density at radius 1 is 1.24 bits per heavy atom. The Balaban J connectivity index is 1.79. The Labute approximate surface area is 128 Å². The average molecular weight is 292 g/mol. The van der Waals surface area contributed by atoms with Gasteiger partial charge in [-0.2, -0.15) is 0 Å². The van der Waals surface area contributed by atoms with Crippen LogP contribution >= 0.6 is 0 Å². The van der Waals surface area contributed by atoms with E-state index >= 15 is 0 Å². The fourth-order valence-corrected chi connectivity index (χ4v) is 3.04. The van der Waals surface area contributed by atoms with Gasteiger partial charge in [-0.25, -0.2) is 0 Å². The minimum absolute atomic E-state index is 0.415. The molecule has 0 bridgehead atoms. The molecule has 1 heterocycles. The number of β-amino-alcohol motifs (C(OH)–C–C–N with tert-alkyl or cyclic N) is 1. The number of benzene rings is 1. The smallest absolute Gasteiger partial charge is 0.118 e. The first-order chi connectivity index (χ1) is 10.1. The summed E-state index contributed by atoms with van der Waals surface area (Å²) in [6, 6.07) is 7.70. The predicted molar refractivity (Wildman–Crippen MR) is 85.7 cm³/mol. The van der Waals surface area contributed by atoms with Gasteiger partial charge in [-0.05, 0) is 63.6 Å². The number of aliphatic hydroxyl groups is 1. The highest BCUT2D eigenvalue weighted by molar-refractivity contribution is 5.28. The van der Waals surface area contributed by atoms with E-state index in [9.17, 15) is 5.11 Å².